The number of likely N-dealkylation sites (N-methyl/N-ethyl adjacent to an activating group) is 1. The minimum absolute atomic E-state index is 0.160. The summed E-state index contributed by atoms with van der Waals surface area (Å²) in [7, 11) is 1.88. The summed E-state index contributed by atoms with van der Waals surface area (Å²) in [6, 6.07) is 0.527. The van der Waals surface area contributed by atoms with Crippen LogP contribution in [0.4, 0.5) is 0 Å². The van der Waals surface area contributed by atoms with E-state index in [1.54, 1.807) is 0 Å². The smallest absolute Gasteiger partial charge is 0.194 e. The fourth-order valence-electron chi connectivity index (χ4n) is 2.91. The lowest BCUT2D eigenvalue weighted by atomic mass is 9.65. The van der Waals surface area contributed by atoms with E-state index < -0.39 is 0 Å². The van der Waals surface area contributed by atoms with Gasteiger partial charge in [0.25, 0.3) is 0 Å². The van der Waals surface area contributed by atoms with Crippen molar-refractivity contribution in [2.24, 2.45) is 10.4 Å². The molecule has 0 spiro atoms. The van der Waals surface area contributed by atoms with Gasteiger partial charge in [-0.15, -0.1) is 0 Å². The fourth-order valence-corrected chi connectivity index (χ4v) is 2.91. The van der Waals surface area contributed by atoms with Crippen molar-refractivity contribution in [3.8, 4) is 0 Å². The van der Waals surface area contributed by atoms with E-state index in [0.29, 0.717) is 11.5 Å². The Balaban J connectivity index is 2.59. The molecule has 0 aliphatic carbocycles. The summed E-state index contributed by atoms with van der Waals surface area (Å²) < 4.78 is 0. The highest BCUT2D eigenvalue weighted by molar-refractivity contribution is 5.82. The lowest BCUT2D eigenvalue weighted by Gasteiger charge is -2.62. The van der Waals surface area contributed by atoms with Crippen molar-refractivity contribution >= 4 is 5.96 Å². The first-order valence-corrected chi connectivity index (χ1v) is 7.93. The van der Waals surface area contributed by atoms with E-state index in [1.807, 2.05) is 7.05 Å². The van der Waals surface area contributed by atoms with Crippen LogP contribution in [0.15, 0.2) is 4.99 Å². The molecule has 1 unspecified atom stereocenters. The number of nitrogens with zero attached hydrogens (tertiary/aromatic N) is 3. The fraction of sp³-hybridized carbons (Fsp3) is 0.938. The SMILES string of the molecule is CCN(CC)C(C)CNC(=NC)N1CC(C)(C)C1(C)C. The number of aliphatic imine (C=N–C) groups is 1. The highest BCUT2D eigenvalue weighted by atomic mass is 15.4. The third kappa shape index (κ3) is 3.11. The van der Waals surface area contributed by atoms with Gasteiger partial charge >= 0.3 is 0 Å². The molecule has 4 nitrogen and oxygen atoms in total. The van der Waals surface area contributed by atoms with Gasteiger partial charge in [-0.1, -0.05) is 27.7 Å². The number of likely N-dealkylation sites (tertiary alicyclic amines) is 1. The molecule has 0 amide bonds. The van der Waals surface area contributed by atoms with Crippen molar-refractivity contribution in [2.45, 2.75) is 60.0 Å². The van der Waals surface area contributed by atoms with Crippen LogP contribution in [0, 0.1) is 5.41 Å². The van der Waals surface area contributed by atoms with Crippen LogP contribution in [0.2, 0.25) is 0 Å². The van der Waals surface area contributed by atoms with Gasteiger partial charge in [-0.05, 0) is 33.9 Å². The van der Waals surface area contributed by atoms with Crippen molar-refractivity contribution in [3.05, 3.63) is 0 Å². The molecule has 1 saturated heterocycles. The molecule has 0 aromatic carbocycles. The predicted molar refractivity (Wildman–Crippen MR) is 88.3 cm³/mol. The Kier molecular flexibility index (Phi) is 5.47. The van der Waals surface area contributed by atoms with Crippen molar-refractivity contribution in [3.63, 3.8) is 0 Å². The second kappa shape index (κ2) is 6.33. The number of guanidine groups is 1. The zero-order valence-electron chi connectivity index (χ0n) is 14.7. The lowest BCUT2D eigenvalue weighted by Crippen LogP contribution is -2.72. The van der Waals surface area contributed by atoms with E-state index >= 15 is 0 Å². The van der Waals surface area contributed by atoms with Crippen molar-refractivity contribution in [1.29, 1.82) is 0 Å². The highest BCUT2D eigenvalue weighted by Gasteiger charge is 2.53. The number of rotatable bonds is 5. The molecule has 118 valence electrons. The molecule has 1 rings (SSSR count). The van der Waals surface area contributed by atoms with Gasteiger partial charge in [0.1, 0.15) is 0 Å². The first kappa shape index (κ1) is 17.3. The van der Waals surface area contributed by atoms with Crippen LogP contribution in [0.3, 0.4) is 0 Å². The molecule has 0 bridgehead atoms. The Labute approximate surface area is 125 Å². The normalized spacial score (nSPS) is 22.6. The maximum Gasteiger partial charge on any atom is 0.194 e. The first-order chi connectivity index (χ1) is 9.21. The molecule has 20 heavy (non-hydrogen) atoms. The summed E-state index contributed by atoms with van der Waals surface area (Å²) in [5.74, 6) is 1.04. The topological polar surface area (TPSA) is 30.9 Å². The van der Waals surface area contributed by atoms with Crippen molar-refractivity contribution < 1.29 is 0 Å². The van der Waals surface area contributed by atoms with Crippen LogP contribution >= 0.6 is 0 Å². The highest BCUT2D eigenvalue weighted by Crippen LogP contribution is 2.46. The summed E-state index contributed by atoms with van der Waals surface area (Å²) in [5.41, 5.74) is 0.502. The number of hydrogen-bond donors (Lipinski definition) is 1. The Morgan fingerprint density at radius 1 is 1.25 bits per heavy atom. The third-order valence-corrected chi connectivity index (χ3v) is 5.34. The van der Waals surface area contributed by atoms with Gasteiger partial charge in [-0.3, -0.25) is 9.89 Å². The quantitative estimate of drug-likeness (QED) is 0.620. The molecule has 1 aliphatic heterocycles. The number of nitrogens with one attached hydrogen (secondary N) is 1. The maximum absolute atomic E-state index is 4.47. The molecule has 1 aliphatic rings. The maximum atomic E-state index is 4.47. The number of hydrogen-bond acceptors (Lipinski definition) is 2. The van der Waals surface area contributed by atoms with Crippen LogP contribution in [0.5, 0.6) is 0 Å². The van der Waals surface area contributed by atoms with Gasteiger partial charge in [0, 0.05) is 37.1 Å². The van der Waals surface area contributed by atoms with Gasteiger partial charge in [0.05, 0.1) is 0 Å². The van der Waals surface area contributed by atoms with Crippen LogP contribution in [-0.2, 0) is 0 Å². The van der Waals surface area contributed by atoms with Gasteiger partial charge in [-0.25, -0.2) is 0 Å². The van der Waals surface area contributed by atoms with Crippen LogP contribution < -0.4 is 5.32 Å². The molecule has 4 heteroatoms. The second-order valence-corrected chi connectivity index (χ2v) is 7.03. The Morgan fingerprint density at radius 3 is 2.15 bits per heavy atom. The van der Waals surface area contributed by atoms with E-state index in [4.69, 9.17) is 0 Å². The van der Waals surface area contributed by atoms with Crippen molar-refractivity contribution in [1.82, 2.24) is 15.1 Å². The molecular weight excluding hydrogens is 248 g/mol. The second-order valence-electron chi connectivity index (χ2n) is 7.03. The summed E-state index contributed by atoms with van der Waals surface area (Å²) >= 11 is 0. The summed E-state index contributed by atoms with van der Waals surface area (Å²) in [4.78, 5) is 9.32. The van der Waals surface area contributed by atoms with Crippen molar-refractivity contribution in [2.75, 3.05) is 33.2 Å². The average molecular weight is 282 g/mol. The van der Waals surface area contributed by atoms with E-state index in [-0.39, 0.29) is 5.54 Å². The lowest BCUT2D eigenvalue weighted by molar-refractivity contribution is -0.0668. The van der Waals surface area contributed by atoms with Crippen LogP contribution in [-0.4, -0.2) is 60.6 Å². The first-order valence-electron chi connectivity index (χ1n) is 7.93. The zero-order valence-corrected chi connectivity index (χ0v) is 14.7. The molecule has 0 saturated carbocycles. The van der Waals surface area contributed by atoms with E-state index in [9.17, 15) is 0 Å². The summed E-state index contributed by atoms with van der Waals surface area (Å²) in [6.07, 6.45) is 0. The summed E-state index contributed by atoms with van der Waals surface area (Å²) in [5, 5.41) is 3.55. The van der Waals surface area contributed by atoms with Gasteiger partial charge in [0.15, 0.2) is 5.96 Å². The Bertz CT molecular complexity index is 342. The molecular formula is C16H34N4. The molecule has 0 aromatic heterocycles. The molecule has 0 radical (unpaired) electrons. The van der Waals surface area contributed by atoms with E-state index in [0.717, 1.165) is 32.1 Å². The van der Waals surface area contributed by atoms with E-state index in [1.165, 1.54) is 0 Å². The monoisotopic (exact) mass is 282 g/mol. The zero-order chi connectivity index (χ0) is 15.6. The van der Waals surface area contributed by atoms with Gasteiger partial charge in [0.2, 0.25) is 0 Å². The molecule has 1 heterocycles. The predicted octanol–water partition coefficient (Wildman–Crippen LogP) is 2.41. The van der Waals surface area contributed by atoms with Gasteiger partial charge < -0.3 is 10.2 Å². The Hall–Kier alpha value is -0.770. The standard InChI is InChI=1S/C16H34N4/c1-9-19(10-2)13(3)11-18-14(17-8)20-12-15(4,5)16(20,6)7/h13H,9-12H2,1-8H3,(H,17,18). The van der Waals surface area contributed by atoms with E-state index in [2.05, 4.69) is 68.6 Å². The minimum atomic E-state index is 0.160. The average Bonchev–Trinajstić information content (AvgIpc) is 2.39. The van der Waals surface area contributed by atoms with Crippen LogP contribution in [0.25, 0.3) is 0 Å². The van der Waals surface area contributed by atoms with Crippen LogP contribution in [0.1, 0.15) is 48.5 Å². The molecule has 1 N–H and O–H groups in total. The molecule has 0 aromatic rings. The van der Waals surface area contributed by atoms with Gasteiger partial charge in [-0.2, -0.15) is 0 Å². The molecule has 1 atom stereocenters. The minimum Gasteiger partial charge on any atom is -0.355 e. The summed E-state index contributed by atoms with van der Waals surface area (Å²) in [6.45, 7) is 20.2. The largest absolute Gasteiger partial charge is 0.355 e. The molecule has 1 fully saturated rings. The Morgan fingerprint density at radius 2 is 1.80 bits per heavy atom. The third-order valence-electron chi connectivity index (χ3n) is 5.34.